The molecular formula is C16H24N2O4S. The molecule has 1 aliphatic rings. The van der Waals surface area contributed by atoms with Crippen molar-refractivity contribution in [2.75, 3.05) is 19.7 Å². The van der Waals surface area contributed by atoms with E-state index in [2.05, 4.69) is 10.0 Å². The highest BCUT2D eigenvalue weighted by Crippen LogP contribution is 2.17. The average Bonchev–Trinajstić information content (AvgIpc) is 2.55. The molecule has 2 unspecified atom stereocenters. The molecule has 0 bridgehead atoms. The van der Waals surface area contributed by atoms with E-state index in [0.717, 1.165) is 25.9 Å². The molecular weight excluding hydrogens is 316 g/mol. The van der Waals surface area contributed by atoms with Crippen LogP contribution in [0, 0.1) is 5.92 Å². The Morgan fingerprint density at radius 2 is 2.09 bits per heavy atom. The number of esters is 1. The third-order valence-corrected chi connectivity index (χ3v) is 5.63. The van der Waals surface area contributed by atoms with E-state index < -0.39 is 16.0 Å². The highest BCUT2D eigenvalue weighted by atomic mass is 32.2. The van der Waals surface area contributed by atoms with Crippen LogP contribution in [0.3, 0.4) is 0 Å². The van der Waals surface area contributed by atoms with Gasteiger partial charge in [0.2, 0.25) is 10.0 Å². The van der Waals surface area contributed by atoms with Crippen LogP contribution in [0.25, 0.3) is 0 Å². The molecule has 7 heteroatoms. The van der Waals surface area contributed by atoms with Gasteiger partial charge in [-0.15, -0.1) is 0 Å². The third kappa shape index (κ3) is 4.76. The smallest absolute Gasteiger partial charge is 0.338 e. The Balaban J connectivity index is 2.05. The predicted molar refractivity (Wildman–Crippen MR) is 87.8 cm³/mol. The first-order chi connectivity index (χ1) is 10.9. The summed E-state index contributed by atoms with van der Waals surface area (Å²) in [5.41, 5.74) is 0.343. The molecule has 1 fully saturated rings. The second-order valence-corrected chi connectivity index (χ2v) is 7.48. The van der Waals surface area contributed by atoms with Crippen LogP contribution in [0.4, 0.5) is 0 Å². The fourth-order valence-corrected chi connectivity index (χ4v) is 4.01. The van der Waals surface area contributed by atoms with Gasteiger partial charge in [0.05, 0.1) is 17.1 Å². The van der Waals surface area contributed by atoms with Gasteiger partial charge in [0.15, 0.2) is 0 Å². The van der Waals surface area contributed by atoms with Gasteiger partial charge < -0.3 is 10.1 Å². The first-order valence-corrected chi connectivity index (χ1v) is 9.42. The van der Waals surface area contributed by atoms with Gasteiger partial charge in [0.25, 0.3) is 0 Å². The molecule has 0 spiro atoms. The molecule has 1 aromatic rings. The molecule has 0 aromatic heterocycles. The number of carbonyl (C=O) groups excluding carboxylic acids is 1. The standard InChI is InChI=1S/C16H24N2O4S/c1-3-22-16(19)13-6-8-15(9-7-13)23(20,21)18-12(2)14-5-4-10-17-11-14/h6-9,12,14,17-18H,3-5,10-11H2,1-2H3. The molecule has 0 amide bonds. The summed E-state index contributed by atoms with van der Waals surface area (Å²) >= 11 is 0. The minimum atomic E-state index is -3.59. The molecule has 6 nitrogen and oxygen atoms in total. The van der Waals surface area contributed by atoms with Crippen molar-refractivity contribution in [3.63, 3.8) is 0 Å². The minimum absolute atomic E-state index is 0.141. The van der Waals surface area contributed by atoms with E-state index in [0.29, 0.717) is 5.56 Å². The van der Waals surface area contributed by atoms with E-state index in [9.17, 15) is 13.2 Å². The van der Waals surface area contributed by atoms with Crippen LogP contribution in [-0.2, 0) is 14.8 Å². The molecule has 128 valence electrons. The quantitative estimate of drug-likeness (QED) is 0.767. The topological polar surface area (TPSA) is 84.5 Å². The number of hydrogen-bond acceptors (Lipinski definition) is 5. The first-order valence-electron chi connectivity index (χ1n) is 7.94. The number of sulfonamides is 1. The van der Waals surface area contributed by atoms with Gasteiger partial charge >= 0.3 is 5.97 Å². The Morgan fingerprint density at radius 1 is 1.39 bits per heavy atom. The van der Waals surface area contributed by atoms with Gasteiger partial charge in [-0.25, -0.2) is 17.9 Å². The summed E-state index contributed by atoms with van der Waals surface area (Å²) in [7, 11) is -3.59. The van der Waals surface area contributed by atoms with Gasteiger partial charge in [0, 0.05) is 6.04 Å². The van der Waals surface area contributed by atoms with Crippen LogP contribution < -0.4 is 10.0 Å². The third-order valence-electron chi connectivity index (χ3n) is 4.06. The first kappa shape index (κ1) is 17.9. The summed E-state index contributed by atoms with van der Waals surface area (Å²) in [6.45, 7) is 5.72. The fourth-order valence-electron chi connectivity index (χ4n) is 2.70. The average molecular weight is 340 g/mol. The van der Waals surface area contributed by atoms with E-state index >= 15 is 0 Å². The van der Waals surface area contributed by atoms with E-state index in [1.54, 1.807) is 6.92 Å². The zero-order valence-corrected chi connectivity index (χ0v) is 14.4. The Kier molecular flexibility index (Phi) is 6.15. The highest BCUT2D eigenvalue weighted by molar-refractivity contribution is 7.89. The minimum Gasteiger partial charge on any atom is -0.462 e. The number of hydrogen-bond donors (Lipinski definition) is 2. The van der Waals surface area contributed by atoms with Crippen LogP contribution >= 0.6 is 0 Å². The van der Waals surface area contributed by atoms with Crippen LogP contribution in [0.1, 0.15) is 37.0 Å². The number of benzene rings is 1. The lowest BCUT2D eigenvalue weighted by Crippen LogP contribution is -2.44. The maximum atomic E-state index is 12.4. The molecule has 1 saturated heterocycles. The molecule has 0 radical (unpaired) electrons. The lowest BCUT2D eigenvalue weighted by molar-refractivity contribution is 0.0526. The van der Waals surface area contributed by atoms with Gasteiger partial charge in [0.1, 0.15) is 0 Å². The van der Waals surface area contributed by atoms with Gasteiger partial charge in [-0.1, -0.05) is 0 Å². The number of carbonyl (C=O) groups is 1. The number of rotatable bonds is 6. The summed E-state index contributed by atoms with van der Waals surface area (Å²) < 4.78 is 32.5. The summed E-state index contributed by atoms with van der Waals surface area (Å²) in [5, 5.41) is 3.29. The molecule has 1 heterocycles. The summed E-state index contributed by atoms with van der Waals surface area (Å²) in [5.74, 6) is -0.164. The molecule has 2 rings (SSSR count). The van der Waals surface area contributed by atoms with Crippen LogP contribution in [0.5, 0.6) is 0 Å². The summed E-state index contributed by atoms with van der Waals surface area (Å²) in [4.78, 5) is 11.7. The largest absolute Gasteiger partial charge is 0.462 e. The molecule has 1 aliphatic heterocycles. The Labute approximate surface area is 137 Å². The lowest BCUT2D eigenvalue weighted by atomic mass is 9.94. The van der Waals surface area contributed by atoms with Crippen molar-refractivity contribution in [3.8, 4) is 0 Å². The van der Waals surface area contributed by atoms with Crippen LogP contribution in [-0.4, -0.2) is 40.1 Å². The van der Waals surface area contributed by atoms with Crippen molar-refractivity contribution in [3.05, 3.63) is 29.8 Å². The molecule has 2 N–H and O–H groups in total. The molecule has 2 atom stereocenters. The second kappa shape index (κ2) is 7.90. The van der Waals surface area contributed by atoms with Crippen molar-refractivity contribution in [2.24, 2.45) is 5.92 Å². The lowest BCUT2D eigenvalue weighted by Gasteiger charge is -2.28. The monoisotopic (exact) mass is 340 g/mol. The molecule has 23 heavy (non-hydrogen) atoms. The van der Waals surface area contributed by atoms with Crippen molar-refractivity contribution in [2.45, 2.75) is 37.6 Å². The highest BCUT2D eigenvalue weighted by Gasteiger charge is 2.25. The molecule has 0 saturated carbocycles. The Morgan fingerprint density at radius 3 is 2.65 bits per heavy atom. The number of piperidine rings is 1. The van der Waals surface area contributed by atoms with Crippen molar-refractivity contribution in [1.29, 1.82) is 0 Å². The van der Waals surface area contributed by atoms with Gasteiger partial charge in [-0.05, 0) is 70.0 Å². The fraction of sp³-hybridized carbons (Fsp3) is 0.562. The maximum Gasteiger partial charge on any atom is 0.338 e. The summed E-state index contributed by atoms with van der Waals surface area (Å²) in [6, 6.07) is 5.66. The second-order valence-electron chi connectivity index (χ2n) is 5.76. The predicted octanol–water partition coefficient (Wildman–Crippen LogP) is 1.53. The van der Waals surface area contributed by atoms with Gasteiger partial charge in [-0.2, -0.15) is 0 Å². The van der Waals surface area contributed by atoms with Crippen LogP contribution in [0.2, 0.25) is 0 Å². The Bertz CT molecular complexity index is 622. The van der Waals surface area contributed by atoms with E-state index in [1.807, 2.05) is 6.92 Å². The SMILES string of the molecule is CCOC(=O)c1ccc(S(=O)(=O)NC(C)C2CCCNC2)cc1. The Hall–Kier alpha value is -1.44. The van der Waals surface area contributed by atoms with E-state index in [-0.39, 0.29) is 23.5 Å². The normalized spacial score (nSPS) is 20.0. The molecule has 0 aliphatic carbocycles. The zero-order valence-electron chi connectivity index (χ0n) is 13.5. The van der Waals surface area contributed by atoms with Gasteiger partial charge in [-0.3, -0.25) is 0 Å². The zero-order chi connectivity index (χ0) is 16.9. The van der Waals surface area contributed by atoms with E-state index in [1.165, 1.54) is 24.3 Å². The van der Waals surface area contributed by atoms with Crippen molar-refractivity contribution >= 4 is 16.0 Å². The van der Waals surface area contributed by atoms with E-state index in [4.69, 9.17) is 4.74 Å². The number of ether oxygens (including phenoxy) is 1. The van der Waals surface area contributed by atoms with Crippen molar-refractivity contribution in [1.82, 2.24) is 10.0 Å². The summed E-state index contributed by atoms with van der Waals surface area (Å²) in [6.07, 6.45) is 2.07. The number of nitrogens with one attached hydrogen (secondary N) is 2. The molecule has 1 aromatic carbocycles. The van der Waals surface area contributed by atoms with Crippen molar-refractivity contribution < 1.29 is 17.9 Å². The van der Waals surface area contributed by atoms with Crippen LogP contribution in [0.15, 0.2) is 29.2 Å². The maximum absolute atomic E-state index is 12.4.